The van der Waals surface area contributed by atoms with Crippen LogP contribution in [0, 0.1) is 0 Å². The molecule has 0 fully saturated rings. The van der Waals surface area contributed by atoms with Crippen LogP contribution in [0.2, 0.25) is 5.15 Å². The molecule has 0 aliphatic carbocycles. The maximum absolute atomic E-state index is 5.84. The van der Waals surface area contributed by atoms with E-state index in [-0.39, 0.29) is 5.95 Å². The lowest BCUT2D eigenvalue weighted by Crippen LogP contribution is -2.10. The summed E-state index contributed by atoms with van der Waals surface area (Å²) in [6.45, 7) is 3.32. The van der Waals surface area contributed by atoms with Gasteiger partial charge in [-0.3, -0.25) is 0 Å². The zero-order valence-electron chi connectivity index (χ0n) is 10.4. The number of nitrogen functional groups attached to an aromatic ring is 1. The molecule has 0 saturated heterocycles. The fourth-order valence-electron chi connectivity index (χ4n) is 1.59. The number of aromatic nitrogens is 5. The number of hydrogen-bond acceptors (Lipinski definition) is 7. The van der Waals surface area contributed by atoms with Crippen LogP contribution in [0.15, 0.2) is 16.2 Å². The van der Waals surface area contributed by atoms with E-state index in [1.807, 2.05) is 11.5 Å². The Balaban J connectivity index is 2.27. The molecule has 0 bridgehead atoms. The molecule has 19 heavy (non-hydrogen) atoms. The molecule has 2 heterocycles. The molecule has 0 amide bonds. The smallest absolute Gasteiger partial charge is 0.222 e. The van der Waals surface area contributed by atoms with Crippen LogP contribution in [0.1, 0.15) is 12.7 Å². The molecule has 0 spiro atoms. The van der Waals surface area contributed by atoms with E-state index in [0.717, 1.165) is 17.5 Å². The molecule has 102 valence electrons. The summed E-state index contributed by atoms with van der Waals surface area (Å²) in [5.41, 5.74) is 11.1. The Kier molecular flexibility index (Phi) is 4.56. The van der Waals surface area contributed by atoms with Crippen LogP contribution >= 0.6 is 23.4 Å². The molecular weight excluding hydrogens is 286 g/mol. The van der Waals surface area contributed by atoms with Gasteiger partial charge in [0.2, 0.25) is 5.95 Å². The average molecular weight is 300 g/mol. The van der Waals surface area contributed by atoms with Crippen molar-refractivity contribution in [3.05, 3.63) is 17.0 Å². The summed E-state index contributed by atoms with van der Waals surface area (Å²) in [5, 5.41) is 9.94. The van der Waals surface area contributed by atoms with Gasteiger partial charge in [0.25, 0.3) is 0 Å². The van der Waals surface area contributed by atoms with Gasteiger partial charge in [0.15, 0.2) is 5.16 Å². The maximum atomic E-state index is 5.84. The van der Waals surface area contributed by atoms with E-state index in [1.165, 1.54) is 11.8 Å². The molecule has 2 aromatic heterocycles. The van der Waals surface area contributed by atoms with Crippen LogP contribution in [0.25, 0.3) is 0 Å². The Hall–Kier alpha value is -1.38. The first-order valence-electron chi connectivity index (χ1n) is 5.74. The summed E-state index contributed by atoms with van der Waals surface area (Å²) in [5.74, 6) is 1.00. The van der Waals surface area contributed by atoms with Crippen molar-refractivity contribution in [1.82, 2.24) is 24.7 Å². The predicted octanol–water partition coefficient (Wildman–Crippen LogP) is 0.976. The molecular formula is C10H14ClN7S. The number of anilines is 1. The van der Waals surface area contributed by atoms with E-state index < -0.39 is 0 Å². The Morgan fingerprint density at radius 1 is 1.37 bits per heavy atom. The minimum absolute atomic E-state index is 0.139. The van der Waals surface area contributed by atoms with Gasteiger partial charge in [0.1, 0.15) is 16.0 Å². The minimum atomic E-state index is 0.139. The lowest BCUT2D eigenvalue weighted by atomic mass is 10.4. The quantitative estimate of drug-likeness (QED) is 0.792. The lowest BCUT2D eigenvalue weighted by molar-refractivity contribution is 0.640. The highest BCUT2D eigenvalue weighted by atomic mass is 35.5. The third-order valence-electron chi connectivity index (χ3n) is 2.36. The summed E-state index contributed by atoms with van der Waals surface area (Å²) in [4.78, 5) is 7.91. The fraction of sp³-hybridized carbons (Fsp3) is 0.400. The van der Waals surface area contributed by atoms with Gasteiger partial charge in [0.05, 0.1) is 0 Å². The third kappa shape index (κ3) is 3.34. The summed E-state index contributed by atoms with van der Waals surface area (Å²) in [6, 6.07) is 1.64. The van der Waals surface area contributed by atoms with Crippen LogP contribution in [-0.4, -0.2) is 31.3 Å². The highest BCUT2D eigenvalue weighted by molar-refractivity contribution is 7.99. The first kappa shape index (κ1) is 14.0. The monoisotopic (exact) mass is 299 g/mol. The molecule has 2 aromatic rings. The first-order valence-corrected chi connectivity index (χ1v) is 6.93. The zero-order chi connectivity index (χ0) is 13.8. The molecule has 0 aliphatic heterocycles. The van der Waals surface area contributed by atoms with E-state index in [2.05, 4.69) is 20.2 Å². The normalized spacial score (nSPS) is 10.9. The van der Waals surface area contributed by atoms with Crippen molar-refractivity contribution in [2.24, 2.45) is 5.73 Å². The van der Waals surface area contributed by atoms with Gasteiger partial charge in [-0.15, -0.1) is 10.2 Å². The molecule has 4 N–H and O–H groups in total. The Bertz CT molecular complexity index is 551. The third-order valence-corrected chi connectivity index (χ3v) is 3.46. The predicted molar refractivity (Wildman–Crippen MR) is 74.0 cm³/mol. The summed E-state index contributed by atoms with van der Waals surface area (Å²) < 4.78 is 1.99. The van der Waals surface area contributed by atoms with Crippen molar-refractivity contribution in [3.8, 4) is 0 Å². The summed E-state index contributed by atoms with van der Waals surface area (Å²) >= 11 is 7.19. The first-order chi connectivity index (χ1) is 9.13. The van der Waals surface area contributed by atoms with Gasteiger partial charge in [-0.05, 0) is 25.2 Å². The van der Waals surface area contributed by atoms with Gasteiger partial charge < -0.3 is 16.0 Å². The van der Waals surface area contributed by atoms with E-state index >= 15 is 0 Å². The number of nitrogens with two attached hydrogens (primary N) is 2. The highest BCUT2D eigenvalue weighted by Crippen LogP contribution is 2.27. The molecule has 0 saturated carbocycles. The van der Waals surface area contributed by atoms with Gasteiger partial charge in [-0.2, -0.15) is 0 Å². The lowest BCUT2D eigenvalue weighted by Gasteiger charge is -2.06. The standard InChI is InChI=1S/C10H14ClN7S/c1-2-18-7(3-4-12)16-17-10(18)19-8-5-6(11)14-9(13)15-8/h5H,2-4,12H2,1H3,(H2,13,14,15). The molecule has 7 nitrogen and oxygen atoms in total. The van der Waals surface area contributed by atoms with Crippen molar-refractivity contribution < 1.29 is 0 Å². The van der Waals surface area contributed by atoms with Crippen LogP contribution in [0.5, 0.6) is 0 Å². The van der Waals surface area contributed by atoms with Crippen molar-refractivity contribution in [3.63, 3.8) is 0 Å². The number of nitrogens with zero attached hydrogens (tertiary/aromatic N) is 5. The number of rotatable bonds is 5. The van der Waals surface area contributed by atoms with Crippen molar-refractivity contribution in [2.75, 3.05) is 12.3 Å². The second-order valence-electron chi connectivity index (χ2n) is 3.67. The van der Waals surface area contributed by atoms with E-state index in [0.29, 0.717) is 23.1 Å². The van der Waals surface area contributed by atoms with Gasteiger partial charge in [-0.1, -0.05) is 11.6 Å². The molecule has 0 radical (unpaired) electrons. The average Bonchev–Trinajstić information content (AvgIpc) is 2.70. The molecule has 2 rings (SSSR count). The molecule has 0 aliphatic rings. The van der Waals surface area contributed by atoms with E-state index in [1.54, 1.807) is 6.07 Å². The largest absolute Gasteiger partial charge is 0.368 e. The second kappa shape index (κ2) is 6.18. The second-order valence-corrected chi connectivity index (χ2v) is 5.05. The summed E-state index contributed by atoms with van der Waals surface area (Å²) in [7, 11) is 0. The topological polar surface area (TPSA) is 109 Å². The minimum Gasteiger partial charge on any atom is -0.368 e. The Morgan fingerprint density at radius 2 is 2.16 bits per heavy atom. The van der Waals surface area contributed by atoms with Gasteiger partial charge >= 0.3 is 0 Å². The zero-order valence-corrected chi connectivity index (χ0v) is 11.9. The molecule has 9 heteroatoms. The van der Waals surface area contributed by atoms with Crippen LogP contribution < -0.4 is 11.5 Å². The molecule has 0 atom stereocenters. The van der Waals surface area contributed by atoms with Gasteiger partial charge in [-0.25, -0.2) is 9.97 Å². The van der Waals surface area contributed by atoms with Gasteiger partial charge in [0, 0.05) is 19.0 Å². The Morgan fingerprint density at radius 3 is 2.79 bits per heavy atom. The number of halogens is 1. The van der Waals surface area contributed by atoms with Crippen molar-refractivity contribution in [1.29, 1.82) is 0 Å². The fourth-order valence-corrected chi connectivity index (χ4v) is 2.76. The SMILES string of the molecule is CCn1c(CCN)nnc1Sc1cc(Cl)nc(N)n1. The maximum Gasteiger partial charge on any atom is 0.222 e. The number of hydrogen-bond donors (Lipinski definition) is 2. The summed E-state index contributed by atoms with van der Waals surface area (Å²) in [6.07, 6.45) is 0.689. The molecule has 0 unspecified atom stereocenters. The van der Waals surface area contributed by atoms with Crippen LogP contribution in [-0.2, 0) is 13.0 Å². The van der Waals surface area contributed by atoms with Crippen molar-refractivity contribution in [2.45, 2.75) is 30.1 Å². The molecule has 0 aromatic carbocycles. The van der Waals surface area contributed by atoms with Crippen LogP contribution in [0.3, 0.4) is 0 Å². The Labute approximate surface area is 119 Å². The van der Waals surface area contributed by atoms with Crippen LogP contribution in [0.4, 0.5) is 5.95 Å². The van der Waals surface area contributed by atoms with E-state index in [4.69, 9.17) is 23.1 Å². The van der Waals surface area contributed by atoms with Crippen molar-refractivity contribution >= 4 is 29.3 Å². The van der Waals surface area contributed by atoms with E-state index in [9.17, 15) is 0 Å². The highest BCUT2D eigenvalue weighted by Gasteiger charge is 2.13.